The third-order valence-corrected chi connectivity index (χ3v) is 2.05. The number of nitrogens with one attached hydrogen (secondary N) is 3. The molecule has 1 heterocycles. The van der Waals surface area contributed by atoms with E-state index in [4.69, 9.17) is 9.63 Å². The molecule has 20 heavy (non-hydrogen) atoms. The van der Waals surface area contributed by atoms with Gasteiger partial charge in [0.15, 0.2) is 5.82 Å². The van der Waals surface area contributed by atoms with Crippen LogP contribution in [0.2, 0.25) is 0 Å². The summed E-state index contributed by atoms with van der Waals surface area (Å²) in [4.78, 5) is 36.5. The van der Waals surface area contributed by atoms with Crippen LogP contribution in [0.15, 0.2) is 4.52 Å². The van der Waals surface area contributed by atoms with Gasteiger partial charge in [-0.1, -0.05) is 5.16 Å². The SMILES string of the molecule is Cc1nc(CCNC(=O)NCC(=O)NCC(=O)O)no1. The molecule has 4 N–H and O–H groups in total. The molecule has 0 unspecified atom stereocenters. The smallest absolute Gasteiger partial charge is 0.322 e. The fraction of sp³-hybridized carbons (Fsp3) is 0.500. The first-order valence-corrected chi connectivity index (χ1v) is 5.76. The number of hydrogen-bond donors (Lipinski definition) is 4. The van der Waals surface area contributed by atoms with Gasteiger partial charge in [0.25, 0.3) is 0 Å². The lowest BCUT2D eigenvalue weighted by Gasteiger charge is -2.06. The van der Waals surface area contributed by atoms with E-state index in [2.05, 4.69) is 26.1 Å². The second kappa shape index (κ2) is 7.71. The first-order chi connectivity index (χ1) is 9.47. The molecule has 0 aliphatic rings. The number of carbonyl (C=O) groups is 3. The Labute approximate surface area is 113 Å². The Kier molecular flexibility index (Phi) is 5.94. The van der Waals surface area contributed by atoms with Crippen LogP contribution >= 0.6 is 0 Å². The van der Waals surface area contributed by atoms with E-state index >= 15 is 0 Å². The molecule has 0 radical (unpaired) electrons. The molecule has 0 saturated heterocycles. The van der Waals surface area contributed by atoms with E-state index in [1.807, 2.05) is 0 Å². The summed E-state index contributed by atoms with van der Waals surface area (Å²) < 4.78 is 4.76. The van der Waals surface area contributed by atoms with Crippen LogP contribution in [0.5, 0.6) is 0 Å². The minimum Gasteiger partial charge on any atom is -0.480 e. The molecule has 0 fully saturated rings. The summed E-state index contributed by atoms with van der Waals surface area (Å²) in [7, 11) is 0. The van der Waals surface area contributed by atoms with Gasteiger partial charge in [0.1, 0.15) is 6.54 Å². The predicted molar refractivity (Wildman–Crippen MR) is 64.8 cm³/mol. The lowest BCUT2D eigenvalue weighted by atomic mass is 10.4. The number of hydrogen-bond acceptors (Lipinski definition) is 6. The molecule has 0 saturated carbocycles. The fourth-order valence-corrected chi connectivity index (χ4v) is 1.19. The van der Waals surface area contributed by atoms with Gasteiger partial charge in [0.05, 0.1) is 6.54 Å². The van der Waals surface area contributed by atoms with Crippen LogP contribution in [0.25, 0.3) is 0 Å². The van der Waals surface area contributed by atoms with Gasteiger partial charge >= 0.3 is 12.0 Å². The Morgan fingerprint density at radius 2 is 1.95 bits per heavy atom. The van der Waals surface area contributed by atoms with Crippen molar-refractivity contribution in [3.05, 3.63) is 11.7 Å². The van der Waals surface area contributed by atoms with Gasteiger partial charge in [-0.25, -0.2) is 4.79 Å². The van der Waals surface area contributed by atoms with Crippen LogP contribution in [0.1, 0.15) is 11.7 Å². The maximum absolute atomic E-state index is 11.3. The lowest BCUT2D eigenvalue weighted by molar-refractivity contribution is -0.137. The number of urea groups is 1. The summed E-state index contributed by atoms with van der Waals surface area (Å²) in [6.45, 7) is 1.15. The van der Waals surface area contributed by atoms with E-state index in [1.54, 1.807) is 6.92 Å². The average Bonchev–Trinajstić information content (AvgIpc) is 2.79. The molecule has 1 aromatic heterocycles. The van der Waals surface area contributed by atoms with Gasteiger partial charge in [0, 0.05) is 19.9 Å². The average molecular weight is 285 g/mol. The number of carboxylic acids is 1. The van der Waals surface area contributed by atoms with E-state index in [9.17, 15) is 14.4 Å². The summed E-state index contributed by atoms with van der Waals surface area (Å²) in [6, 6.07) is -0.546. The number of carbonyl (C=O) groups excluding carboxylic acids is 2. The topological polar surface area (TPSA) is 146 Å². The predicted octanol–water partition coefficient (Wildman–Crippen LogP) is -1.58. The molecule has 1 aromatic rings. The number of aryl methyl sites for hydroxylation is 1. The quantitative estimate of drug-likeness (QED) is 0.472. The molecular weight excluding hydrogens is 270 g/mol. The van der Waals surface area contributed by atoms with Crippen molar-refractivity contribution in [2.45, 2.75) is 13.3 Å². The number of nitrogens with zero attached hydrogens (tertiary/aromatic N) is 2. The number of aromatic nitrogens is 2. The Morgan fingerprint density at radius 1 is 1.20 bits per heavy atom. The summed E-state index contributed by atoms with van der Waals surface area (Å²) in [5.41, 5.74) is 0. The highest BCUT2D eigenvalue weighted by Gasteiger charge is 2.07. The minimum absolute atomic E-state index is 0.279. The zero-order valence-electron chi connectivity index (χ0n) is 10.8. The molecule has 1 rings (SSSR count). The maximum Gasteiger partial charge on any atom is 0.322 e. The normalized spacial score (nSPS) is 9.85. The van der Waals surface area contributed by atoms with Gasteiger partial charge in [-0.3, -0.25) is 9.59 Å². The molecular formula is C10H15N5O5. The Balaban J connectivity index is 2.11. The Bertz CT molecular complexity index is 486. The fourth-order valence-electron chi connectivity index (χ4n) is 1.19. The molecule has 0 spiro atoms. The highest BCUT2D eigenvalue weighted by atomic mass is 16.5. The van der Waals surface area contributed by atoms with Crippen molar-refractivity contribution in [3.8, 4) is 0 Å². The summed E-state index contributed by atoms with van der Waals surface area (Å²) in [5.74, 6) is -0.823. The van der Waals surface area contributed by atoms with Crippen LogP contribution in [-0.4, -0.2) is 52.8 Å². The summed E-state index contributed by atoms with van der Waals surface area (Å²) in [6.07, 6.45) is 0.399. The number of aliphatic carboxylic acids is 1. The van der Waals surface area contributed by atoms with E-state index < -0.39 is 24.5 Å². The molecule has 10 heteroatoms. The maximum atomic E-state index is 11.3. The van der Waals surface area contributed by atoms with E-state index in [1.165, 1.54) is 0 Å². The van der Waals surface area contributed by atoms with Gasteiger partial charge < -0.3 is 25.6 Å². The van der Waals surface area contributed by atoms with Crippen molar-refractivity contribution in [3.63, 3.8) is 0 Å². The largest absolute Gasteiger partial charge is 0.480 e. The third-order valence-electron chi connectivity index (χ3n) is 2.05. The lowest BCUT2D eigenvalue weighted by Crippen LogP contribution is -2.43. The molecule has 0 bridgehead atoms. The number of carboxylic acid groups (broad SMARTS) is 1. The van der Waals surface area contributed by atoms with Crippen molar-refractivity contribution >= 4 is 17.9 Å². The van der Waals surface area contributed by atoms with Crippen LogP contribution in [0.4, 0.5) is 4.79 Å². The third kappa shape index (κ3) is 6.33. The van der Waals surface area contributed by atoms with Crippen LogP contribution in [0.3, 0.4) is 0 Å². The first-order valence-electron chi connectivity index (χ1n) is 5.76. The van der Waals surface area contributed by atoms with Gasteiger partial charge in [0.2, 0.25) is 11.8 Å². The van der Waals surface area contributed by atoms with Crippen LogP contribution in [-0.2, 0) is 16.0 Å². The number of amides is 3. The molecule has 10 nitrogen and oxygen atoms in total. The molecule has 110 valence electrons. The van der Waals surface area contributed by atoms with Crippen LogP contribution < -0.4 is 16.0 Å². The Morgan fingerprint density at radius 3 is 2.55 bits per heavy atom. The van der Waals surface area contributed by atoms with Gasteiger partial charge in [-0.15, -0.1) is 0 Å². The summed E-state index contributed by atoms with van der Waals surface area (Å²) >= 11 is 0. The second-order valence-electron chi connectivity index (χ2n) is 3.76. The highest BCUT2D eigenvalue weighted by Crippen LogP contribution is 1.94. The molecule has 3 amide bonds. The van der Waals surface area contributed by atoms with Crippen molar-refractivity contribution in [2.75, 3.05) is 19.6 Å². The van der Waals surface area contributed by atoms with Gasteiger partial charge in [-0.2, -0.15) is 4.98 Å². The number of rotatable bonds is 7. The molecule has 0 aliphatic heterocycles. The second-order valence-corrected chi connectivity index (χ2v) is 3.76. The highest BCUT2D eigenvalue weighted by molar-refractivity contribution is 5.86. The van der Waals surface area contributed by atoms with Crippen molar-refractivity contribution in [2.24, 2.45) is 0 Å². The van der Waals surface area contributed by atoms with Crippen molar-refractivity contribution in [1.82, 2.24) is 26.1 Å². The van der Waals surface area contributed by atoms with E-state index in [0.29, 0.717) is 18.1 Å². The first kappa shape index (κ1) is 15.4. The molecule has 0 atom stereocenters. The monoisotopic (exact) mass is 285 g/mol. The van der Waals surface area contributed by atoms with Gasteiger partial charge in [-0.05, 0) is 0 Å². The zero-order chi connectivity index (χ0) is 15.0. The minimum atomic E-state index is -1.15. The zero-order valence-corrected chi connectivity index (χ0v) is 10.8. The van der Waals surface area contributed by atoms with Crippen molar-refractivity contribution in [1.29, 1.82) is 0 Å². The van der Waals surface area contributed by atoms with E-state index in [0.717, 1.165) is 0 Å². The van der Waals surface area contributed by atoms with Crippen LogP contribution in [0, 0.1) is 6.92 Å². The Hall–Kier alpha value is -2.65. The van der Waals surface area contributed by atoms with Crippen molar-refractivity contribution < 1.29 is 24.0 Å². The molecule has 0 aliphatic carbocycles. The summed E-state index contributed by atoms with van der Waals surface area (Å²) in [5, 5.41) is 18.9. The molecule has 0 aromatic carbocycles. The standard InChI is InChI=1S/C10H15N5O5/c1-6-14-7(15-20-6)2-3-11-10(19)13-4-8(16)12-5-9(17)18/h2-5H2,1H3,(H,12,16)(H,17,18)(H2,11,13,19). The van der Waals surface area contributed by atoms with E-state index in [-0.39, 0.29) is 13.1 Å².